The summed E-state index contributed by atoms with van der Waals surface area (Å²) in [5.41, 5.74) is 1.92. The van der Waals surface area contributed by atoms with Crippen molar-refractivity contribution in [1.29, 1.82) is 0 Å². The molecule has 26 heavy (non-hydrogen) atoms. The lowest BCUT2D eigenvalue weighted by Crippen LogP contribution is -2.45. The van der Waals surface area contributed by atoms with Crippen LogP contribution in [0.25, 0.3) is 11.3 Å². The third kappa shape index (κ3) is 3.43. The minimum absolute atomic E-state index is 0.196. The minimum Gasteiger partial charge on any atom is -0.378 e. The molecule has 0 spiro atoms. The quantitative estimate of drug-likeness (QED) is 0.802. The first-order valence-corrected chi connectivity index (χ1v) is 9.39. The number of aromatic nitrogens is 5. The second kappa shape index (κ2) is 7.28. The van der Waals surface area contributed by atoms with Gasteiger partial charge in [0.1, 0.15) is 5.69 Å². The van der Waals surface area contributed by atoms with Gasteiger partial charge in [0.05, 0.1) is 26.0 Å². The van der Waals surface area contributed by atoms with Crippen LogP contribution in [0.5, 0.6) is 0 Å². The van der Waals surface area contributed by atoms with Gasteiger partial charge in [-0.25, -0.2) is 9.97 Å². The number of likely N-dealkylation sites (N-methyl/N-ethyl adjacent to an activating group) is 1. The molecule has 1 aliphatic carbocycles. The zero-order valence-electron chi connectivity index (χ0n) is 15.6. The van der Waals surface area contributed by atoms with Gasteiger partial charge >= 0.3 is 0 Å². The van der Waals surface area contributed by atoms with Crippen molar-refractivity contribution in [1.82, 2.24) is 29.9 Å². The van der Waals surface area contributed by atoms with Gasteiger partial charge in [0.15, 0.2) is 0 Å². The Balaban J connectivity index is 1.47. The number of rotatable bonds is 5. The van der Waals surface area contributed by atoms with E-state index in [-0.39, 0.29) is 5.54 Å². The summed E-state index contributed by atoms with van der Waals surface area (Å²) >= 11 is 0. The third-order valence-electron chi connectivity index (χ3n) is 5.71. The van der Waals surface area contributed by atoms with Crippen molar-refractivity contribution in [3.63, 3.8) is 0 Å². The standard InChI is InChI=1S/C18H27N7O/c1-23(2)18(5-3-4-6-18)14-25-13-16(21-22-25)15-11-19-17(20-12-15)24-7-9-26-10-8-24/h11-13H,3-10,14H2,1-2H3. The number of ether oxygens (including phenoxy) is 1. The summed E-state index contributed by atoms with van der Waals surface area (Å²) in [4.78, 5) is 13.5. The molecule has 0 bridgehead atoms. The molecule has 4 rings (SSSR count). The molecule has 140 valence electrons. The Kier molecular flexibility index (Phi) is 4.86. The summed E-state index contributed by atoms with van der Waals surface area (Å²) in [5.74, 6) is 0.752. The highest BCUT2D eigenvalue weighted by Crippen LogP contribution is 2.35. The maximum absolute atomic E-state index is 5.37. The fourth-order valence-corrected chi connectivity index (χ4v) is 3.97. The van der Waals surface area contributed by atoms with Crippen LogP contribution >= 0.6 is 0 Å². The average Bonchev–Trinajstić information content (AvgIpc) is 3.33. The molecule has 2 aromatic rings. The van der Waals surface area contributed by atoms with E-state index in [4.69, 9.17) is 4.74 Å². The Bertz CT molecular complexity index is 715. The largest absolute Gasteiger partial charge is 0.378 e. The Hall–Kier alpha value is -2.06. The van der Waals surface area contributed by atoms with Crippen molar-refractivity contribution >= 4 is 5.95 Å². The molecule has 3 heterocycles. The monoisotopic (exact) mass is 357 g/mol. The molecule has 0 amide bonds. The summed E-state index contributed by atoms with van der Waals surface area (Å²) in [6.45, 7) is 4.00. The minimum atomic E-state index is 0.196. The van der Waals surface area contributed by atoms with Crippen LogP contribution in [-0.2, 0) is 11.3 Å². The van der Waals surface area contributed by atoms with Crippen molar-refractivity contribution in [2.45, 2.75) is 37.8 Å². The maximum atomic E-state index is 5.37. The predicted octanol–water partition coefficient (Wildman–Crippen LogP) is 1.45. The highest BCUT2D eigenvalue weighted by atomic mass is 16.5. The highest BCUT2D eigenvalue weighted by molar-refractivity contribution is 5.56. The molecule has 0 radical (unpaired) electrons. The second-order valence-electron chi connectivity index (χ2n) is 7.50. The van der Waals surface area contributed by atoms with Crippen LogP contribution in [-0.4, -0.2) is 75.8 Å². The molecular formula is C18H27N7O. The molecule has 0 aromatic carbocycles. The van der Waals surface area contributed by atoms with Crippen LogP contribution in [0.1, 0.15) is 25.7 Å². The normalized spacial score (nSPS) is 20.0. The van der Waals surface area contributed by atoms with Crippen molar-refractivity contribution in [2.24, 2.45) is 0 Å². The van der Waals surface area contributed by atoms with E-state index >= 15 is 0 Å². The zero-order valence-corrected chi connectivity index (χ0v) is 15.6. The topological polar surface area (TPSA) is 72.2 Å². The van der Waals surface area contributed by atoms with E-state index in [0.29, 0.717) is 0 Å². The van der Waals surface area contributed by atoms with Gasteiger partial charge in [0.2, 0.25) is 5.95 Å². The summed E-state index contributed by atoms with van der Waals surface area (Å²) in [7, 11) is 4.34. The predicted molar refractivity (Wildman–Crippen MR) is 99.0 cm³/mol. The molecular weight excluding hydrogens is 330 g/mol. The molecule has 1 aliphatic heterocycles. The lowest BCUT2D eigenvalue weighted by Gasteiger charge is -2.36. The summed E-state index contributed by atoms with van der Waals surface area (Å²) in [6, 6.07) is 0. The molecule has 0 atom stereocenters. The fraction of sp³-hybridized carbons (Fsp3) is 0.667. The third-order valence-corrected chi connectivity index (χ3v) is 5.71. The van der Waals surface area contributed by atoms with Gasteiger partial charge in [-0.3, -0.25) is 4.68 Å². The van der Waals surface area contributed by atoms with Crippen LogP contribution in [0.2, 0.25) is 0 Å². The fourth-order valence-electron chi connectivity index (χ4n) is 3.97. The maximum Gasteiger partial charge on any atom is 0.225 e. The second-order valence-corrected chi connectivity index (χ2v) is 7.50. The SMILES string of the molecule is CN(C)C1(Cn2cc(-c3cnc(N4CCOCC4)nc3)nn2)CCCC1. The van der Waals surface area contributed by atoms with Gasteiger partial charge in [0.25, 0.3) is 0 Å². The van der Waals surface area contributed by atoms with Gasteiger partial charge in [-0.2, -0.15) is 0 Å². The van der Waals surface area contributed by atoms with E-state index in [9.17, 15) is 0 Å². The van der Waals surface area contributed by atoms with Gasteiger partial charge in [-0.15, -0.1) is 5.10 Å². The lowest BCUT2D eigenvalue weighted by atomic mass is 9.96. The summed E-state index contributed by atoms with van der Waals surface area (Å²) in [5, 5.41) is 8.70. The van der Waals surface area contributed by atoms with E-state index in [1.807, 2.05) is 23.3 Å². The van der Waals surface area contributed by atoms with Gasteiger partial charge in [-0.05, 0) is 26.9 Å². The summed E-state index contributed by atoms with van der Waals surface area (Å²) < 4.78 is 7.34. The van der Waals surface area contributed by atoms with Crippen LogP contribution < -0.4 is 4.90 Å². The van der Waals surface area contributed by atoms with Gasteiger partial charge < -0.3 is 14.5 Å². The Labute approximate surface area is 154 Å². The van der Waals surface area contributed by atoms with Crippen molar-refractivity contribution < 1.29 is 4.74 Å². The van der Waals surface area contributed by atoms with Gasteiger partial charge in [0, 0.05) is 36.6 Å². The van der Waals surface area contributed by atoms with Crippen LogP contribution in [0.3, 0.4) is 0 Å². The van der Waals surface area contributed by atoms with Gasteiger partial charge in [-0.1, -0.05) is 18.1 Å². The van der Waals surface area contributed by atoms with E-state index < -0.39 is 0 Å². The zero-order chi connectivity index (χ0) is 18.0. The number of nitrogens with zero attached hydrogens (tertiary/aromatic N) is 7. The first-order valence-electron chi connectivity index (χ1n) is 9.39. The van der Waals surface area contributed by atoms with Crippen molar-refractivity contribution in [3.8, 4) is 11.3 Å². The lowest BCUT2D eigenvalue weighted by molar-refractivity contribution is 0.122. The highest BCUT2D eigenvalue weighted by Gasteiger charge is 2.36. The summed E-state index contributed by atoms with van der Waals surface area (Å²) in [6.07, 6.45) is 10.7. The Morgan fingerprint density at radius 2 is 1.81 bits per heavy atom. The molecule has 0 N–H and O–H groups in total. The van der Waals surface area contributed by atoms with E-state index in [2.05, 4.69) is 44.2 Å². The first-order chi connectivity index (χ1) is 12.7. The van der Waals surface area contributed by atoms with E-state index in [1.54, 1.807) is 0 Å². The van der Waals surface area contributed by atoms with E-state index in [0.717, 1.165) is 50.1 Å². The van der Waals surface area contributed by atoms with Crippen LogP contribution in [0.15, 0.2) is 18.6 Å². The number of hydrogen-bond acceptors (Lipinski definition) is 7. The molecule has 1 saturated carbocycles. The number of hydrogen-bond donors (Lipinski definition) is 0. The number of morpholine rings is 1. The van der Waals surface area contributed by atoms with Crippen molar-refractivity contribution in [2.75, 3.05) is 45.3 Å². The molecule has 2 fully saturated rings. The average molecular weight is 357 g/mol. The Morgan fingerprint density at radius 3 is 2.46 bits per heavy atom. The first kappa shape index (κ1) is 17.4. The Morgan fingerprint density at radius 1 is 1.12 bits per heavy atom. The van der Waals surface area contributed by atoms with Crippen LogP contribution in [0.4, 0.5) is 5.95 Å². The molecule has 2 aromatic heterocycles. The smallest absolute Gasteiger partial charge is 0.225 e. The molecule has 0 unspecified atom stereocenters. The molecule has 8 heteroatoms. The molecule has 2 aliphatic rings. The van der Waals surface area contributed by atoms with Crippen LogP contribution in [0, 0.1) is 0 Å². The number of anilines is 1. The van der Waals surface area contributed by atoms with Crippen molar-refractivity contribution in [3.05, 3.63) is 18.6 Å². The van der Waals surface area contributed by atoms with E-state index in [1.165, 1.54) is 25.7 Å². The molecule has 1 saturated heterocycles. The molecule has 8 nitrogen and oxygen atoms in total.